The molecule has 4 aromatic rings. The number of nitrogens with one attached hydrogen (secondary N) is 2. The first kappa shape index (κ1) is 33.6. The zero-order valence-electron chi connectivity index (χ0n) is 25.5. The number of pyridine rings is 2. The van der Waals surface area contributed by atoms with Crippen molar-refractivity contribution in [2.45, 2.75) is 26.3 Å². The summed E-state index contributed by atoms with van der Waals surface area (Å²) >= 11 is 12.0. The Morgan fingerprint density at radius 1 is 0.957 bits per heavy atom. The van der Waals surface area contributed by atoms with E-state index in [1.165, 1.54) is 24.4 Å². The maximum Gasteiger partial charge on any atom is 0.309 e. The molecule has 3 N–H and O–H groups in total. The summed E-state index contributed by atoms with van der Waals surface area (Å²) in [6.07, 6.45) is 4.58. The highest BCUT2D eigenvalue weighted by molar-refractivity contribution is 6.32. The van der Waals surface area contributed by atoms with Gasteiger partial charge in [0.25, 0.3) is 17.4 Å². The number of rotatable bonds is 10. The molecule has 244 valence electrons. The fourth-order valence-electron chi connectivity index (χ4n) is 5.36. The van der Waals surface area contributed by atoms with Gasteiger partial charge in [0.05, 0.1) is 28.8 Å². The number of hydrogen-bond acceptors (Lipinski definition) is 8. The number of ether oxygens (including phenoxy) is 1. The molecular weight excluding hydrogens is 645 g/mol. The van der Waals surface area contributed by atoms with E-state index >= 15 is 0 Å². The molecule has 11 nitrogen and oxygen atoms in total. The molecule has 0 saturated carbocycles. The van der Waals surface area contributed by atoms with Gasteiger partial charge in [-0.25, -0.2) is 4.98 Å². The summed E-state index contributed by atoms with van der Waals surface area (Å²) in [5.41, 5.74) is 0.960. The van der Waals surface area contributed by atoms with Crippen molar-refractivity contribution in [2.24, 2.45) is 5.92 Å². The molecule has 0 spiro atoms. The summed E-state index contributed by atoms with van der Waals surface area (Å²) in [6.45, 7) is 4.88. The zero-order valence-corrected chi connectivity index (χ0v) is 27.1. The van der Waals surface area contributed by atoms with E-state index in [2.05, 4.69) is 20.5 Å². The number of hydrogen-bond donors (Lipinski definition) is 3. The van der Waals surface area contributed by atoms with E-state index in [1.54, 1.807) is 60.2 Å². The quantitative estimate of drug-likeness (QED) is 0.143. The van der Waals surface area contributed by atoms with Gasteiger partial charge in [0, 0.05) is 47.7 Å². The highest BCUT2D eigenvalue weighted by Crippen LogP contribution is 2.33. The van der Waals surface area contributed by atoms with Crippen LogP contribution < -0.4 is 16.2 Å². The van der Waals surface area contributed by atoms with Gasteiger partial charge in [-0.2, -0.15) is 0 Å². The van der Waals surface area contributed by atoms with Gasteiger partial charge in [-0.1, -0.05) is 35.3 Å². The Morgan fingerprint density at radius 3 is 2.38 bits per heavy atom. The van der Waals surface area contributed by atoms with Gasteiger partial charge in [0.2, 0.25) is 0 Å². The van der Waals surface area contributed by atoms with Crippen LogP contribution in [-0.2, 0) is 16.1 Å². The third-order valence-corrected chi connectivity index (χ3v) is 8.32. The second-order valence-electron chi connectivity index (χ2n) is 11.0. The molecule has 13 heteroatoms. The number of benzene rings is 2. The maximum atomic E-state index is 13.3. The van der Waals surface area contributed by atoms with Crippen LogP contribution in [-0.4, -0.2) is 63.6 Å². The predicted octanol–water partition coefficient (Wildman–Crippen LogP) is 5.70. The van der Waals surface area contributed by atoms with Crippen LogP contribution in [0.2, 0.25) is 10.0 Å². The lowest BCUT2D eigenvalue weighted by molar-refractivity contribution is -0.149. The Hall–Kier alpha value is -4.71. The monoisotopic (exact) mass is 677 g/mol. The van der Waals surface area contributed by atoms with Crippen molar-refractivity contribution < 1.29 is 24.2 Å². The second-order valence-corrected chi connectivity index (χ2v) is 11.9. The summed E-state index contributed by atoms with van der Waals surface area (Å²) in [5, 5.41) is 16.2. The summed E-state index contributed by atoms with van der Waals surface area (Å²) in [4.78, 5) is 57.9. The summed E-state index contributed by atoms with van der Waals surface area (Å²) in [6, 6.07) is 15.6. The number of aromatic hydroxyl groups is 1. The number of likely N-dealkylation sites (tertiary alicyclic amines) is 1. The summed E-state index contributed by atoms with van der Waals surface area (Å²) in [5.74, 6) is -1.65. The number of phenols is 1. The number of anilines is 2. The molecule has 0 radical (unpaired) electrons. The van der Waals surface area contributed by atoms with Crippen molar-refractivity contribution in [3.63, 3.8) is 0 Å². The maximum absolute atomic E-state index is 13.3. The van der Waals surface area contributed by atoms with Crippen molar-refractivity contribution in [2.75, 3.05) is 36.9 Å². The first-order valence-electron chi connectivity index (χ1n) is 15.1. The number of nitrogens with zero attached hydrogens (tertiary/aromatic N) is 3. The minimum absolute atomic E-state index is 0.0709. The van der Waals surface area contributed by atoms with Gasteiger partial charge in [-0.3, -0.25) is 19.2 Å². The Labute approximate surface area is 281 Å². The summed E-state index contributed by atoms with van der Waals surface area (Å²) < 4.78 is 6.80. The van der Waals surface area contributed by atoms with E-state index in [1.807, 2.05) is 0 Å². The van der Waals surface area contributed by atoms with E-state index in [4.69, 9.17) is 27.9 Å². The topological polar surface area (TPSA) is 143 Å². The lowest BCUT2D eigenvalue weighted by Gasteiger charge is -2.30. The van der Waals surface area contributed by atoms with Crippen LogP contribution >= 0.6 is 23.2 Å². The minimum atomic E-state index is -0.662. The predicted molar refractivity (Wildman–Crippen MR) is 180 cm³/mol. The Balaban J connectivity index is 1.25. The van der Waals surface area contributed by atoms with Gasteiger partial charge in [-0.15, -0.1) is 0 Å². The van der Waals surface area contributed by atoms with Gasteiger partial charge < -0.3 is 29.9 Å². The Bertz CT molecular complexity index is 1820. The lowest BCUT2D eigenvalue weighted by Crippen LogP contribution is -2.39. The number of carbonyl (C=O) groups is 3. The first-order chi connectivity index (χ1) is 22.6. The molecule has 1 aliphatic heterocycles. The van der Waals surface area contributed by atoms with Crippen LogP contribution in [0.1, 0.15) is 40.5 Å². The number of phenolic OH excluding ortho intramolecular Hbond substituents is 1. The molecule has 3 heterocycles. The van der Waals surface area contributed by atoms with Crippen LogP contribution in [0.4, 0.5) is 11.5 Å². The average Bonchev–Trinajstić information content (AvgIpc) is 3.06. The van der Waals surface area contributed by atoms with Crippen LogP contribution in [0.3, 0.4) is 0 Å². The molecule has 1 saturated heterocycles. The fraction of sp³-hybridized carbons (Fsp3) is 0.265. The number of amides is 2. The van der Waals surface area contributed by atoms with Crippen molar-refractivity contribution >= 4 is 52.5 Å². The van der Waals surface area contributed by atoms with E-state index in [9.17, 15) is 24.3 Å². The molecule has 0 unspecified atom stereocenters. The molecule has 47 heavy (non-hydrogen) atoms. The molecule has 1 aliphatic rings. The van der Waals surface area contributed by atoms with Crippen LogP contribution in [0.25, 0.3) is 11.1 Å². The number of piperidine rings is 1. The third kappa shape index (κ3) is 8.37. The molecule has 0 aliphatic carbocycles. The number of halogens is 2. The number of aromatic nitrogens is 2. The number of esters is 1. The second kappa shape index (κ2) is 15.3. The molecule has 2 amide bonds. The van der Waals surface area contributed by atoms with Gasteiger partial charge in [0.1, 0.15) is 11.6 Å². The molecule has 2 aromatic carbocycles. The molecule has 1 fully saturated rings. The molecule has 5 rings (SSSR count). The largest absolute Gasteiger partial charge is 0.506 e. The van der Waals surface area contributed by atoms with Gasteiger partial charge in [0.15, 0.2) is 0 Å². The van der Waals surface area contributed by atoms with Crippen LogP contribution in [0.5, 0.6) is 5.75 Å². The smallest absolute Gasteiger partial charge is 0.309 e. The highest BCUT2D eigenvalue weighted by atomic mass is 35.5. The van der Waals surface area contributed by atoms with E-state index in [-0.39, 0.29) is 45.1 Å². The number of carbonyl (C=O) groups excluding carboxylic acids is 3. The highest BCUT2D eigenvalue weighted by Gasteiger charge is 2.26. The fourth-order valence-corrected chi connectivity index (χ4v) is 5.68. The molecule has 0 bridgehead atoms. The Morgan fingerprint density at radius 2 is 1.70 bits per heavy atom. The van der Waals surface area contributed by atoms with Crippen molar-refractivity contribution in [1.82, 2.24) is 14.5 Å². The normalized spacial score (nSPS) is 13.6. The SMILES string of the molecule is CCOC(=O)C1CCN(CCn2cccc(-c3ccc(C(=O)Nc4c(O)cc(Cl)cc4C(=O)Nc4ccc(Cl)cn4)cc3)c2=O)CC1. The van der Waals surface area contributed by atoms with Crippen molar-refractivity contribution in [1.29, 1.82) is 0 Å². The van der Waals surface area contributed by atoms with Crippen molar-refractivity contribution in [3.05, 3.63) is 105 Å². The Kier molecular flexibility index (Phi) is 10.9. The van der Waals surface area contributed by atoms with Gasteiger partial charge in [-0.05, 0) is 80.9 Å². The third-order valence-electron chi connectivity index (χ3n) is 7.88. The molecule has 2 aromatic heterocycles. The summed E-state index contributed by atoms with van der Waals surface area (Å²) in [7, 11) is 0. The lowest BCUT2D eigenvalue weighted by atomic mass is 9.97. The zero-order chi connectivity index (χ0) is 33.5. The van der Waals surface area contributed by atoms with E-state index in [0.717, 1.165) is 25.9 Å². The standard InChI is InChI=1S/C34H33Cl2N5O6/c1-2-47-34(46)23-11-14-40(15-12-23)16-17-41-13-3-4-26(33(41)45)21-5-7-22(8-6-21)31(43)39-30-27(18-25(36)19-28(30)42)32(44)38-29-10-9-24(35)20-37-29/h3-10,13,18-20,23,42H,2,11-12,14-17H2,1H3,(H,39,43)(H,37,38,44). The van der Waals surface area contributed by atoms with E-state index < -0.39 is 17.6 Å². The van der Waals surface area contributed by atoms with E-state index in [0.29, 0.717) is 35.8 Å². The molecule has 0 atom stereocenters. The molecular formula is C34H33Cl2N5O6. The van der Waals surface area contributed by atoms with Crippen molar-refractivity contribution in [3.8, 4) is 16.9 Å². The van der Waals surface area contributed by atoms with Crippen LogP contribution in [0.15, 0.2) is 77.9 Å². The minimum Gasteiger partial charge on any atom is -0.506 e. The van der Waals surface area contributed by atoms with Crippen LogP contribution in [0, 0.1) is 5.92 Å². The first-order valence-corrected chi connectivity index (χ1v) is 15.8. The average molecular weight is 679 g/mol. The van der Waals surface area contributed by atoms with Gasteiger partial charge >= 0.3 is 5.97 Å².